The van der Waals surface area contributed by atoms with Gasteiger partial charge in [0.2, 0.25) is 0 Å². The van der Waals surface area contributed by atoms with Crippen LogP contribution < -0.4 is 0 Å². The lowest BCUT2D eigenvalue weighted by atomic mass is 9.95. The second-order valence-corrected chi connectivity index (χ2v) is 8.72. The lowest BCUT2D eigenvalue weighted by molar-refractivity contribution is 0.268. The molecule has 154 valence electrons. The number of hydrogen-bond donors (Lipinski definition) is 0. The van der Waals surface area contributed by atoms with E-state index in [2.05, 4.69) is 42.3 Å². The summed E-state index contributed by atoms with van der Waals surface area (Å²) < 4.78 is 0. The van der Waals surface area contributed by atoms with Crippen molar-refractivity contribution in [3.63, 3.8) is 0 Å². The molecule has 0 aromatic rings. The third kappa shape index (κ3) is 9.67. The van der Waals surface area contributed by atoms with Gasteiger partial charge in [-0.25, -0.2) is 0 Å². The normalized spacial score (nSPS) is 18.9. The van der Waals surface area contributed by atoms with Gasteiger partial charge in [0.15, 0.2) is 0 Å². The number of hydrogen-bond acceptors (Lipinski definition) is 1. The van der Waals surface area contributed by atoms with Crippen LogP contribution in [0.25, 0.3) is 0 Å². The average Bonchev–Trinajstić information content (AvgIpc) is 2.89. The zero-order valence-corrected chi connectivity index (χ0v) is 18.1. The molecule has 0 unspecified atom stereocenters. The van der Waals surface area contributed by atoms with E-state index in [1.807, 2.05) is 0 Å². The molecule has 0 aromatic heterocycles. The molecular formula is C26H45N. The first-order valence-electron chi connectivity index (χ1n) is 12.2. The molecule has 0 aromatic carbocycles. The van der Waals surface area contributed by atoms with Gasteiger partial charge in [0, 0.05) is 17.9 Å². The Balaban J connectivity index is 1.65. The van der Waals surface area contributed by atoms with E-state index in [1.165, 1.54) is 116 Å². The van der Waals surface area contributed by atoms with Gasteiger partial charge >= 0.3 is 0 Å². The summed E-state index contributed by atoms with van der Waals surface area (Å²) in [5.74, 6) is 0. The van der Waals surface area contributed by atoms with Gasteiger partial charge in [0.1, 0.15) is 0 Å². The van der Waals surface area contributed by atoms with Crippen molar-refractivity contribution in [3.05, 3.63) is 36.2 Å². The van der Waals surface area contributed by atoms with Crippen LogP contribution in [-0.4, -0.2) is 10.9 Å². The Labute approximate surface area is 170 Å². The maximum Gasteiger partial charge on any atom is 0.0333 e. The molecule has 0 radical (unpaired) electrons. The highest BCUT2D eigenvalue weighted by Crippen LogP contribution is 2.28. The van der Waals surface area contributed by atoms with Gasteiger partial charge in [-0.05, 0) is 37.8 Å². The van der Waals surface area contributed by atoms with Crippen molar-refractivity contribution in [1.82, 2.24) is 4.90 Å². The van der Waals surface area contributed by atoms with Crippen molar-refractivity contribution >= 4 is 0 Å². The zero-order valence-electron chi connectivity index (χ0n) is 18.1. The smallest absolute Gasteiger partial charge is 0.0333 e. The molecule has 1 aliphatic heterocycles. The number of rotatable bonds is 12. The predicted molar refractivity (Wildman–Crippen MR) is 121 cm³/mol. The van der Waals surface area contributed by atoms with Crippen molar-refractivity contribution in [3.8, 4) is 0 Å². The monoisotopic (exact) mass is 371 g/mol. The SMILES string of the molecule is CCCCCCCCCCCCC1=CC=CC=CN1C1CCCCCCC1. The van der Waals surface area contributed by atoms with E-state index in [0.29, 0.717) is 0 Å². The number of unbranched alkanes of at least 4 members (excludes halogenated alkanes) is 9. The predicted octanol–water partition coefficient (Wildman–Crippen LogP) is 8.68. The van der Waals surface area contributed by atoms with E-state index >= 15 is 0 Å². The maximum atomic E-state index is 2.64. The second kappa shape index (κ2) is 15.0. The van der Waals surface area contributed by atoms with Gasteiger partial charge in [-0.1, -0.05) is 109 Å². The molecule has 1 fully saturated rings. The third-order valence-corrected chi connectivity index (χ3v) is 6.34. The minimum atomic E-state index is 0.732. The van der Waals surface area contributed by atoms with Crippen LogP contribution in [0.1, 0.15) is 122 Å². The van der Waals surface area contributed by atoms with Crippen molar-refractivity contribution in [1.29, 1.82) is 0 Å². The standard InChI is InChI=1S/C26H45N/c1-2-3-4-5-6-7-8-9-11-15-20-26-23-18-14-19-24-27(26)25-21-16-12-10-13-17-22-25/h14,18-19,23-25H,2-13,15-17,20-22H2,1H3. The van der Waals surface area contributed by atoms with Gasteiger partial charge in [-0.15, -0.1) is 0 Å². The summed E-state index contributed by atoms with van der Waals surface area (Å²) in [5.41, 5.74) is 1.56. The first kappa shape index (κ1) is 22.3. The van der Waals surface area contributed by atoms with Crippen LogP contribution in [0.4, 0.5) is 0 Å². The summed E-state index contributed by atoms with van der Waals surface area (Å²) in [4.78, 5) is 2.64. The minimum Gasteiger partial charge on any atom is -0.348 e. The van der Waals surface area contributed by atoms with E-state index in [4.69, 9.17) is 0 Å². The van der Waals surface area contributed by atoms with Gasteiger partial charge < -0.3 is 4.90 Å². The summed E-state index contributed by atoms with van der Waals surface area (Å²) in [6, 6.07) is 0.732. The molecular weight excluding hydrogens is 326 g/mol. The number of allylic oxidation sites excluding steroid dienone is 5. The molecule has 2 aliphatic rings. The molecule has 0 atom stereocenters. The molecule has 0 bridgehead atoms. The quantitative estimate of drug-likeness (QED) is 0.310. The van der Waals surface area contributed by atoms with Crippen LogP contribution >= 0.6 is 0 Å². The van der Waals surface area contributed by atoms with Gasteiger partial charge in [-0.3, -0.25) is 0 Å². The molecule has 1 nitrogen and oxygen atoms in total. The summed E-state index contributed by atoms with van der Waals surface area (Å²) in [6.07, 6.45) is 36.8. The fourth-order valence-corrected chi connectivity index (χ4v) is 4.63. The van der Waals surface area contributed by atoms with Crippen molar-refractivity contribution in [2.45, 2.75) is 129 Å². The van der Waals surface area contributed by atoms with Crippen LogP contribution in [0.5, 0.6) is 0 Å². The molecule has 2 rings (SSSR count). The molecule has 27 heavy (non-hydrogen) atoms. The van der Waals surface area contributed by atoms with E-state index in [9.17, 15) is 0 Å². The van der Waals surface area contributed by atoms with Crippen molar-refractivity contribution in [2.24, 2.45) is 0 Å². The maximum absolute atomic E-state index is 2.64. The molecule has 0 saturated heterocycles. The summed E-state index contributed by atoms with van der Waals surface area (Å²) in [5, 5.41) is 0. The van der Waals surface area contributed by atoms with E-state index < -0.39 is 0 Å². The van der Waals surface area contributed by atoms with Crippen LogP contribution in [0, 0.1) is 0 Å². The average molecular weight is 372 g/mol. The van der Waals surface area contributed by atoms with E-state index in [-0.39, 0.29) is 0 Å². The fourth-order valence-electron chi connectivity index (χ4n) is 4.63. The summed E-state index contributed by atoms with van der Waals surface area (Å²) >= 11 is 0. The number of nitrogens with zero attached hydrogens (tertiary/aromatic N) is 1. The highest BCUT2D eigenvalue weighted by atomic mass is 15.1. The molecule has 1 heterocycles. The lowest BCUT2D eigenvalue weighted by Crippen LogP contribution is -2.30. The lowest BCUT2D eigenvalue weighted by Gasteiger charge is -2.34. The fraction of sp³-hybridized carbons (Fsp3) is 0.769. The van der Waals surface area contributed by atoms with E-state index in [1.54, 1.807) is 5.70 Å². The Morgan fingerprint density at radius 2 is 1.30 bits per heavy atom. The first-order valence-corrected chi connectivity index (χ1v) is 12.2. The molecule has 1 saturated carbocycles. The summed E-state index contributed by atoms with van der Waals surface area (Å²) in [7, 11) is 0. The van der Waals surface area contributed by atoms with Crippen LogP contribution in [-0.2, 0) is 0 Å². The molecule has 1 heteroatoms. The molecule has 0 spiro atoms. The van der Waals surface area contributed by atoms with Crippen molar-refractivity contribution < 1.29 is 0 Å². The Morgan fingerprint density at radius 3 is 1.96 bits per heavy atom. The van der Waals surface area contributed by atoms with Gasteiger partial charge in [0.05, 0.1) is 0 Å². The summed E-state index contributed by atoms with van der Waals surface area (Å²) in [6.45, 7) is 2.30. The third-order valence-electron chi connectivity index (χ3n) is 6.34. The van der Waals surface area contributed by atoms with Crippen LogP contribution in [0.3, 0.4) is 0 Å². The van der Waals surface area contributed by atoms with Crippen LogP contribution in [0.2, 0.25) is 0 Å². The Hall–Kier alpha value is -0.980. The van der Waals surface area contributed by atoms with Crippen molar-refractivity contribution in [2.75, 3.05) is 0 Å². The molecule has 1 aliphatic carbocycles. The Morgan fingerprint density at radius 1 is 0.704 bits per heavy atom. The molecule has 0 amide bonds. The van der Waals surface area contributed by atoms with Crippen LogP contribution in [0.15, 0.2) is 36.2 Å². The largest absolute Gasteiger partial charge is 0.348 e. The topological polar surface area (TPSA) is 3.24 Å². The minimum absolute atomic E-state index is 0.732. The Kier molecular flexibility index (Phi) is 12.4. The van der Waals surface area contributed by atoms with Gasteiger partial charge in [-0.2, -0.15) is 0 Å². The van der Waals surface area contributed by atoms with E-state index in [0.717, 1.165) is 6.04 Å². The van der Waals surface area contributed by atoms with Gasteiger partial charge in [0.25, 0.3) is 0 Å². The Bertz CT molecular complexity index is 437. The highest BCUT2D eigenvalue weighted by molar-refractivity contribution is 5.22. The zero-order chi connectivity index (χ0) is 19.0. The second-order valence-electron chi connectivity index (χ2n) is 8.72. The molecule has 0 N–H and O–H groups in total. The highest BCUT2D eigenvalue weighted by Gasteiger charge is 2.19. The first-order chi connectivity index (χ1) is 13.4.